The van der Waals surface area contributed by atoms with Gasteiger partial charge in [-0.2, -0.15) is 0 Å². The second-order valence-corrected chi connectivity index (χ2v) is 7.10. The van der Waals surface area contributed by atoms with Crippen LogP contribution in [-0.2, 0) is 13.0 Å². The van der Waals surface area contributed by atoms with E-state index in [2.05, 4.69) is 51.3 Å². The summed E-state index contributed by atoms with van der Waals surface area (Å²) in [6.07, 6.45) is 5.87. The minimum absolute atomic E-state index is 0.102. The maximum absolute atomic E-state index is 12.6. The van der Waals surface area contributed by atoms with Crippen LogP contribution in [0.4, 0.5) is 11.5 Å². The maximum atomic E-state index is 12.6. The van der Waals surface area contributed by atoms with Crippen molar-refractivity contribution >= 4 is 17.4 Å². The van der Waals surface area contributed by atoms with Gasteiger partial charge in [0.2, 0.25) is 0 Å². The van der Waals surface area contributed by atoms with Crippen LogP contribution < -0.4 is 11.1 Å². The van der Waals surface area contributed by atoms with E-state index in [-0.39, 0.29) is 11.5 Å². The second-order valence-electron chi connectivity index (χ2n) is 7.10. The van der Waals surface area contributed by atoms with Gasteiger partial charge in [-0.3, -0.25) is 9.78 Å². The number of nitrogens with one attached hydrogen (secondary N) is 1. The number of aryl methyl sites for hydroxylation is 1. The van der Waals surface area contributed by atoms with E-state index in [1.807, 2.05) is 0 Å². The number of carbonyl (C=O) groups is 1. The van der Waals surface area contributed by atoms with Gasteiger partial charge in [0, 0.05) is 36.7 Å². The summed E-state index contributed by atoms with van der Waals surface area (Å²) < 4.78 is 0. The fraction of sp³-hybridized carbons (Fsp3) is 0.238. The summed E-state index contributed by atoms with van der Waals surface area (Å²) in [5.74, 6) is -0.294. The number of nitrogens with zero attached hydrogens (tertiary/aromatic N) is 4. The van der Waals surface area contributed by atoms with Crippen molar-refractivity contribution in [2.45, 2.75) is 19.9 Å². The van der Waals surface area contributed by atoms with E-state index in [4.69, 9.17) is 5.73 Å². The molecule has 0 saturated heterocycles. The Labute approximate surface area is 163 Å². The zero-order valence-electron chi connectivity index (χ0n) is 15.9. The molecule has 7 nitrogen and oxygen atoms in total. The number of carbonyl (C=O) groups excluding carboxylic acids is 1. The van der Waals surface area contributed by atoms with E-state index in [0.29, 0.717) is 11.4 Å². The molecular weight excluding hydrogens is 352 g/mol. The van der Waals surface area contributed by atoms with Crippen LogP contribution in [0.3, 0.4) is 0 Å². The molecule has 3 N–H and O–H groups in total. The molecule has 0 unspecified atom stereocenters. The summed E-state index contributed by atoms with van der Waals surface area (Å²) in [5.41, 5.74) is 12.2. The molecule has 142 valence electrons. The smallest absolute Gasteiger partial charge is 0.278 e. The average Bonchev–Trinajstić information content (AvgIpc) is 2.68. The fourth-order valence-electron chi connectivity index (χ4n) is 3.54. The number of pyridine rings is 1. The van der Waals surface area contributed by atoms with Gasteiger partial charge in [-0.1, -0.05) is 0 Å². The molecule has 0 aliphatic carbocycles. The van der Waals surface area contributed by atoms with Gasteiger partial charge in [-0.05, 0) is 61.3 Å². The summed E-state index contributed by atoms with van der Waals surface area (Å²) in [4.78, 5) is 27.6. The first kappa shape index (κ1) is 18.1. The molecule has 1 aliphatic rings. The average molecular weight is 374 g/mol. The van der Waals surface area contributed by atoms with Crippen LogP contribution in [0.1, 0.15) is 27.2 Å². The first-order chi connectivity index (χ1) is 13.5. The molecule has 1 amide bonds. The Morgan fingerprint density at radius 3 is 2.82 bits per heavy atom. The van der Waals surface area contributed by atoms with Gasteiger partial charge in [0.05, 0.1) is 11.9 Å². The monoisotopic (exact) mass is 374 g/mol. The summed E-state index contributed by atoms with van der Waals surface area (Å²) in [5, 5.41) is 2.78. The minimum atomic E-state index is -0.396. The Bertz CT molecular complexity index is 1030. The third kappa shape index (κ3) is 3.57. The largest absolute Gasteiger partial charge is 0.382 e. The topological polar surface area (TPSA) is 97.0 Å². The first-order valence-corrected chi connectivity index (χ1v) is 9.16. The summed E-state index contributed by atoms with van der Waals surface area (Å²) in [7, 11) is 2.12. The van der Waals surface area contributed by atoms with Crippen molar-refractivity contribution in [2.75, 3.05) is 24.6 Å². The number of nitrogen functional groups attached to an aromatic ring is 1. The lowest BCUT2D eigenvalue weighted by atomic mass is 9.92. The van der Waals surface area contributed by atoms with Gasteiger partial charge < -0.3 is 16.0 Å². The standard InChI is InChI=1S/C21H22N6O/c1-13-9-14(10-15-12-27(2)8-5-17(13)15)18-11-24-20(22)19(26-18)21(28)25-16-3-6-23-7-4-16/h3-4,6-7,9-11H,5,8,12H2,1-2H3,(H2,22,24)(H,23,25,28). The highest BCUT2D eigenvalue weighted by Crippen LogP contribution is 2.28. The van der Waals surface area contributed by atoms with E-state index in [1.54, 1.807) is 30.7 Å². The third-order valence-electron chi connectivity index (χ3n) is 5.00. The molecule has 28 heavy (non-hydrogen) atoms. The van der Waals surface area contributed by atoms with Gasteiger partial charge in [0.15, 0.2) is 11.5 Å². The van der Waals surface area contributed by atoms with Crippen molar-refractivity contribution in [1.82, 2.24) is 19.9 Å². The van der Waals surface area contributed by atoms with Gasteiger partial charge in [-0.15, -0.1) is 0 Å². The predicted molar refractivity (Wildman–Crippen MR) is 109 cm³/mol. The van der Waals surface area contributed by atoms with E-state index < -0.39 is 5.91 Å². The van der Waals surface area contributed by atoms with E-state index in [1.165, 1.54) is 16.7 Å². The number of rotatable bonds is 3. The number of hydrogen-bond acceptors (Lipinski definition) is 6. The molecule has 0 bridgehead atoms. The van der Waals surface area contributed by atoms with Crippen LogP contribution >= 0.6 is 0 Å². The Hall–Kier alpha value is -3.32. The molecule has 0 saturated carbocycles. The number of hydrogen-bond donors (Lipinski definition) is 2. The molecule has 0 radical (unpaired) electrons. The predicted octanol–water partition coefficient (Wildman–Crippen LogP) is 2.67. The number of benzene rings is 1. The number of likely N-dealkylation sites (N-methyl/N-ethyl adjacent to an activating group) is 1. The molecule has 2 aromatic heterocycles. The molecule has 1 aromatic carbocycles. The third-order valence-corrected chi connectivity index (χ3v) is 5.00. The van der Waals surface area contributed by atoms with Crippen molar-refractivity contribution < 1.29 is 4.79 Å². The van der Waals surface area contributed by atoms with Crippen LogP contribution in [0.5, 0.6) is 0 Å². The number of nitrogens with two attached hydrogens (primary N) is 1. The zero-order chi connectivity index (χ0) is 19.7. The van der Waals surface area contributed by atoms with Gasteiger partial charge >= 0.3 is 0 Å². The summed E-state index contributed by atoms with van der Waals surface area (Å²) in [6.45, 7) is 4.09. The molecule has 3 aromatic rings. The SMILES string of the molecule is Cc1cc(-c2cnc(N)c(C(=O)Nc3ccncc3)n2)cc2c1CCN(C)C2. The normalized spacial score (nSPS) is 13.8. The summed E-state index contributed by atoms with van der Waals surface area (Å²) >= 11 is 0. The Morgan fingerprint density at radius 2 is 2.04 bits per heavy atom. The van der Waals surface area contributed by atoms with Gasteiger partial charge in [-0.25, -0.2) is 9.97 Å². The molecule has 7 heteroatoms. The second kappa shape index (κ2) is 7.36. The number of anilines is 2. The molecule has 0 spiro atoms. The molecule has 0 fully saturated rings. The zero-order valence-corrected chi connectivity index (χ0v) is 15.9. The van der Waals surface area contributed by atoms with E-state index in [9.17, 15) is 4.79 Å². The Balaban J connectivity index is 1.68. The van der Waals surface area contributed by atoms with Crippen molar-refractivity contribution in [1.29, 1.82) is 0 Å². The number of amides is 1. The van der Waals surface area contributed by atoms with Crippen LogP contribution in [0.2, 0.25) is 0 Å². The van der Waals surface area contributed by atoms with E-state index in [0.717, 1.165) is 25.1 Å². The number of aromatic nitrogens is 3. The molecule has 1 aliphatic heterocycles. The van der Waals surface area contributed by atoms with Gasteiger partial charge in [0.25, 0.3) is 5.91 Å². The maximum Gasteiger partial charge on any atom is 0.278 e. The lowest BCUT2D eigenvalue weighted by molar-refractivity contribution is 0.102. The van der Waals surface area contributed by atoms with Crippen LogP contribution in [0.15, 0.2) is 42.9 Å². The highest BCUT2D eigenvalue weighted by molar-refractivity contribution is 6.05. The molecule has 3 heterocycles. The summed E-state index contributed by atoms with van der Waals surface area (Å²) in [6, 6.07) is 7.65. The van der Waals surface area contributed by atoms with Crippen molar-refractivity contribution in [3.8, 4) is 11.3 Å². The quantitative estimate of drug-likeness (QED) is 0.732. The fourth-order valence-corrected chi connectivity index (χ4v) is 3.54. The van der Waals surface area contributed by atoms with Crippen molar-refractivity contribution in [3.63, 3.8) is 0 Å². The minimum Gasteiger partial charge on any atom is -0.382 e. The van der Waals surface area contributed by atoms with E-state index >= 15 is 0 Å². The van der Waals surface area contributed by atoms with Crippen molar-refractivity contribution in [3.05, 3.63) is 65.2 Å². The lowest BCUT2D eigenvalue weighted by Crippen LogP contribution is -2.27. The van der Waals surface area contributed by atoms with Crippen LogP contribution in [0, 0.1) is 6.92 Å². The lowest BCUT2D eigenvalue weighted by Gasteiger charge is -2.27. The van der Waals surface area contributed by atoms with Gasteiger partial charge in [0.1, 0.15) is 0 Å². The molecule has 4 rings (SSSR count). The first-order valence-electron chi connectivity index (χ1n) is 9.16. The highest BCUT2D eigenvalue weighted by Gasteiger charge is 2.19. The molecule has 0 atom stereocenters. The van der Waals surface area contributed by atoms with Crippen LogP contribution in [-0.4, -0.2) is 39.4 Å². The van der Waals surface area contributed by atoms with Crippen LogP contribution in [0.25, 0.3) is 11.3 Å². The highest BCUT2D eigenvalue weighted by atomic mass is 16.1. The Kier molecular flexibility index (Phi) is 4.75. The number of fused-ring (bicyclic) bond motifs is 1. The Morgan fingerprint density at radius 1 is 1.25 bits per heavy atom. The van der Waals surface area contributed by atoms with Crippen molar-refractivity contribution in [2.24, 2.45) is 0 Å². The molecular formula is C21H22N6O.